The number of rotatable bonds is 6. The van der Waals surface area contributed by atoms with Gasteiger partial charge in [-0.1, -0.05) is 80.4 Å². The quantitative estimate of drug-likeness (QED) is 0.683. The average Bonchev–Trinajstić information content (AvgIpc) is 2.62. The summed E-state index contributed by atoms with van der Waals surface area (Å²) in [5.74, 6) is 1.55. The SMILES string of the molecule is CCCC[C@H]1CN(Cc2ccccc2)CC[C@H]1c1ccccc1. The van der Waals surface area contributed by atoms with E-state index in [-0.39, 0.29) is 0 Å². The van der Waals surface area contributed by atoms with E-state index in [1.54, 1.807) is 5.56 Å². The van der Waals surface area contributed by atoms with E-state index in [1.165, 1.54) is 44.3 Å². The van der Waals surface area contributed by atoms with Crippen LogP contribution in [0.2, 0.25) is 0 Å². The lowest BCUT2D eigenvalue weighted by molar-refractivity contribution is 0.139. The van der Waals surface area contributed by atoms with E-state index in [1.807, 2.05) is 0 Å². The third kappa shape index (κ3) is 4.45. The van der Waals surface area contributed by atoms with E-state index in [9.17, 15) is 0 Å². The van der Waals surface area contributed by atoms with Gasteiger partial charge in [-0.25, -0.2) is 0 Å². The Bertz CT molecular complexity index is 563. The Hall–Kier alpha value is -1.60. The van der Waals surface area contributed by atoms with Gasteiger partial charge in [-0.05, 0) is 42.3 Å². The molecule has 0 unspecified atom stereocenters. The van der Waals surface area contributed by atoms with Gasteiger partial charge >= 0.3 is 0 Å². The Kier molecular flexibility index (Phi) is 5.87. The van der Waals surface area contributed by atoms with Crippen LogP contribution in [0.15, 0.2) is 60.7 Å². The molecule has 1 aliphatic heterocycles. The zero-order chi connectivity index (χ0) is 15.9. The van der Waals surface area contributed by atoms with Gasteiger partial charge in [-0.2, -0.15) is 0 Å². The van der Waals surface area contributed by atoms with Crippen LogP contribution in [0.25, 0.3) is 0 Å². The van der Waals surface area contributed by atoms with Gasteiger partial charge in [0.2, 0.25) is 0 Å². The Labute approximate surface area is 141 Å². The molecule has 0 radical (unpaired) electrons. The number of hydrogen-bond acceptors (Lipinski definition) is 1. The van der Waals surface area contributed by atoms with E-state index in [2.05, 4.69) is 72.5 Å². The average molecular weight is 307 g/mol. The molecule has 23 heavy (non-hydrogen) atoms. The van der Waals surface area contributed by atoms with Gasteiger partial charge in [0.25, 0.3) is 0 Å². The topological polar surface area (TPSA) is 3.24 Å². The number of piperidine rings is 1. The van der Waals surface area contributed by atoms with Crippen molar-refractivity contribution in [2.24, 2.45) is 5.92 Å². The highest BCUT2D eigenvalue weighted by molar-refractivity contribution is 5.21. The largest absolute Gasteiger partial charge is 0.299 e. The van der Waals surface area contributed by atoms with Gasteiger partial charge in [-0.3, -0.25) is 4.90 Å². The highest BCUT2D eigenvalue weighted by Gasteiger charge is 2.29. The second-order valence-electron chi connectivity index (χ2n) is 6.93. The lowest BCUT2D eigenvalue weighted by Crippen LogP contribution is -2.39. The van der Waals surface area contributed by atoms with Crippen molar-refractivity contribution in [3.8, 4) is 0 Å². The lowest BCUT2D eigenvalue weighted by atomic mass is 9.78. The predicted molar refractivity (Wildman–Crippen MR) is 98.5 cm³/mol. The normalized spacial score (nSPS) is 22.1. The van der Waals surface area contributed by atoms with E-state index in [4.69, 9.17) is 0 Å². The van der Waals surface area contributed by atoms with E-state index in [0.717, 1.165) is 18.4 Å². The molecule has 0 amide bonds. The summed E-state index contributed by atoms with van der Waals surface area (Å²) in [5.41, 5.74) is 2.99. The summed E-state index contributed by atoms with van der Waals surface area (Å²) < 4.78 is 0. The Morgan fingerprint density at radius 1 is 0.957 bits per heavy atom. The van der Waals surface area contributed by atoms with E-state index < -0.39 is 0 Å². The van der Waals surface area contributed by atoms with Crippen LogP contribution in [0.4, 0.5) is 0 Å². The summed E-state index contributed by atoms with van der Waals surface area (Å²) in [5, 5.41) is 0. The molecule has 2 aromatic carbocycles. The Morgan fingerprint density at radius 3 is 2.35 bits per heavy atom. The highest BCUT2D eigenvalue weighted by atomic mass is 15.1. The first-order valence-corrected chi connectivity index (χ1v) is 9.18. The molecule has 0 saturated carbocycles. The molecule has 122 valence electrons. The summed E-state index contributed by atoms with van der Waals surface area (Å²) in [6.45, 7) is 5.87. The molecule has 0 aliphatic carbocycles. The molecular weight excluding hydrogens is 278 g/mol. The second kappa shape index (κ2) is 8.31. The Morgan fingerprint density at radius 2 is 1.65 bits per heavy atom. The van der Waals surface area contributed by atoms with Gasteiger partial charge in [0.05, 0.1) is 0 Å². The Balaban J connectivity index is 1.68. The summed E-state index contributed by atoms with van der Waals surface area (Å²) in [4.78, 5) is 2.66. The van der Waals surface area contributed by atoms with Crippen LogP contribution >= 0.6 is 0 Å². The molecule has 0 spiro atoms. The molecular formula is C22H29N. The van der Waals surface area contributed by atoms with Gasteiger partial charge < -0.3 is 0 Å². The van der Waals surface area contributed by atoms with Gasteiger partial charge in [0, 0.05) is 13.1 Å². The summed E-state index contributed by atoms with van der Waals surface area (Å²) in [6.07, 6.45) is 5.32. The van der Waals surface area contributed by atoms with Crippen molar-refractivity contribution in [3.63, 3.8) is 0 Å². The van der Waals surface area contributed by atoms with Crippen molar-refractivity contribution in [2.75, 3.05) is 13.1 Å². The molecule has 2 atom stereocenters. The highest BCUT2D eigenvalue weighted by Crippen LogP contribution is 2.36. The predicted octanol–water partition coefficient (Wildman–Crippen LogP) is 5.48. The smallest absolute Gasteiger partial charge is 0.0233 e. The maximum atomic E-state index is 2.66. The van der Waals surface area contributed by atoms with Crippen LogP contribution in [-0.2, 0) is 6.54 Å². The number of likely N-dealkylation sites (tertiary alicyclic amines) is 1. The van der Waals surface area contributed by atoms with E-state index >= 15 is 0 Å². The fourth-order valence-corrected chi connectivity index (χ4v) is 3.99. The zero-order valence-corrected chi connectivity index (χ0v) is 14.3. The van der Waals surface area contributed by atoms with Crippen LogP contribution in [0.1, 0.15) is 49.7 Å². The first-order chi connectivity index (χ1) is 11.4. The fraction of sp³-hybridized carbons (Fsp3) is 0.455. The molecule has 1 aliphatic rings. The standard InChI is InChI=1S/C22H29N/c1-2-3-12-21-18-23(17-19-10-6-4-7-11-19)16-15-22(21)20-13-8-5-9-14-20/h4-11,13-14,21-22H,2-3,12,15-18H2,1H3/t21-,22-/m0/s1. The maximum absolute atomic E-state index is 2.66. The first-order valence-electron chi connectivity index (χ1n) is 9.18. The minimum atomic E-state index is 0.745. The van der Waals surface area contributed by atoms with Crippen LogP contribution in [-0.4, -0.2) is 18.0 Å². The molecule has 0 aromatic heterocycles. The lowest BCUT2D eigenvalue weighted by Gasteiger charge is -2.39. The number of unbranched alkanes of at least 4 members (excludes halogenated alkanes) is 1. The van der Waals surface area contributed by atoms with Crippen molar-refractivity contribution in [2.45, 2.75) is 45.1 Å². The van der Waals surface area contributed by atoms with Crippen molar-refractivity contribution in [1.82, 2.24) is 4.90 Å². The van der Waals surface area contributed by atoms with Gasteiger partial charge in [0.15, 0.2) is 0 Å². The van der Waals surface area contributed by atoms with Crippen LogP contribution < -0.4 is 0 Å². The van der Waals surface area contributed by atoms with Crippen molar-refractivity contribution < 1.29 is 0 Å². The van der Waals surface area contributed by atoms with Gasteiger partial charge in [-0.15, -0.1) is 0 Å². The maximum Gasteiger partial charge on any atom is 0.0233 e. The molecule has 1 heteroatoms. The van der Waals surface area contributed by atoms with Crippen LogP contribution in [0.3, 0.4) is 0 Å². The molecule has 2 aromatic rings. The molecule has 3 rings (SSSR count). The monoisotopic (exact) mass is 307 g/mol. The summed E-state index contributed by atoms with van der Waals surface area (Å²) in [7, 11) is 0. The van der Waals surface area contributed by atoms with Crippen LogP contribution in [0, 0.1) is 5.92 Å². The third-order valence-electron chi connectivity index (χ3n) is 5.22. The molecule has 1 heterocycles. The molecule has 0 N–H and O–H groups in total. The number of benzene rings is 2. The van der Waals surface area contributed by atoms with Crippen molar-refractivity contribution >= 4 is 0 Å². The zero-order valence-electron chi connectivity index (χ0n) is 14.3. The minimum Gasteiger partial charge on any atom is -0.299 e. The van der Waals surface area contributed by atoms with Crippen molar-refractivity contribution in [1.29, 1.82) is 0 Å². The molecule has 1 saturated heterocycles. The van der Waals surface area contributed by atoms with Gasteiger partial charge in [0.1, 0.15) is 0 Å². The molecule has 1 nitrogen and oxygen atoms in total. The second-order valence-corrected chi connectivity index (χ2v) is 6.93. The summed E-state index contributed by atoms with van der Waals surface area (Å²) in [6, 6.07) is 22.1. The first kappa shape index (κ1) is 16.3. The minimum absolute atomic E-state index is 0.745. The number of hydrogen-bond donors (Lipinski definition) is 0. The molecule has 1 fully saturated rings. The van der Waals surface area contributed by atoms with Crippen LogP contribution in [0.5, 0.6) is 0 Å². The third-order valence-corrected chi connectivity index (χ3v) is 5.22. The number of nitrogens with zero attached hydrogens (tertiary/aromatic N) is 1. The summed E-state index contributed by atoms with van der Waals surface area (Å²) >= 11 is 0. The van der Waals surface area contributed by atoms with E-state index in [0.29, 0.717) is 0 Å². The van der Waals surface area contributed by atoms with Crippen molar-refractivity contribution in [3.05, 3.63) is 71.8 Å². The molecule has 0 bridgehead atoms. The fourth-order valence-electron chi connectivity index (χ4n) is 3.99.